The number of hydrogen-bond acceptors (Lipinski definition) is 4. The van der Waals surface area contributed by atoms with E-state index in [0.29, 0.717) is 26.1 Å². The summed E-state index contributed by atoms with van der Waals surface area (Å²) >= 11 is 0. The summed E-state index contributed by atoms with van der Waals surface area (Å²) in [7, 11) is -3.08. The van der Waals surface area contributed by atoms with Crippen LogP contribution in [0.4, 0.5) is 0 Å². The number of nitrogens with zero attached hydrogens (tertiary/aromatic N) is 1. The molecule has 0 spiro atoms. The highest BCUT2D eigenvalue weighted by Crippen LogP contribution is 2.11. The molecule has 0 bridgehead atoms. The Morgan fingerprint density at radius 1 is 1.50 bits per heavy atom. The largest absolute Gasteiger partial charge is 0.353 e. The lowest BCUT2D eigenvalue weighted by atomic mass is 9.99. The molecule has 2 unspecified atom stereocenters. The van der Waals surface area contributed by atoms with E-state index in [9.17, 15) is 13.2 Å². The highest BCUT2D eigenvalue weighted by molar-refractivity contribution is 7.89. The molecule has 1 aliphatic heterocycles. The second kappa shape index (κ2) is 6.49. The third-order valence-electron chi connectivity index (χ3n) is 3.42. The molecule has 0 aromatic heterocycles. The Bertz CT molecular complexity index is 383. The zero-order valence-corrected chi connectivity index (χ0v) is 11.9. The van der Waals surface area contributed by atoms with Crippen molar-refractivity contribution in [1.29, 1.82) is 0 Å². The Morgan fingerprint density at radius 2 is 2.17 bits per heavy atom. The Morgan fingerprint density at radius 3 is 2.67 bits per heavy atom. The van der Waals surface area contributed by atoms with E-state index in [4.69, 9.17) is 5.73 Å². The van der Waals surface area contributed by atoms with Crippen molar-refractivity contribution < 1.29 is 13.2 Å². The fraction of sp³-hybridized carbons (Fsp3) is 0.909. The van der Waals surface area contributed by atoms with Crippen molar-refractivity contribution in [3.8, 4) is 0 Å². The van der Waals surface area contributed by atoms with E-state index in [2.05, 4.69) is 5.32 Å². The molecule has 0 aromatic carbocycles. The predicted molar refractivity (Wildman–Crippen MR) is 70.4 cm³/mol. The number of nitrogens with two attached hydrogens (primary N) is 1. The lowest BCUT2D eigenvalue weighted by molar-refractivity contribution is -0.123. The lowest BCUT2D eigenvalue weighted by Crippen LogP contribution is -2.46. The van der Waals surface area contributed by atoms with E-state index in [1.54, 1.807) is 0 Å². The van der Waals surface area contributed by atoms with Gasteiger partial charge in [0.2, 0.25) is 15.9 Å². The maximum Gasteiger partial charge on any atom is 0.237 e. The smallest absolute Gasteiger partial charge is 0.237 e. The number of amides is 1. The number of hydrogen-bond donors (Lipinski definition) is 2. The number of rotatable bonds is 6. The highest BCUT2D eigenvalue weighted by Gasteiger charge is 2.27. The van der Waals surface area contributed by atoms with Crippen LogP contribution in [0.2, 0.25) is 0 Å². The molecule has 6 nitrogen and oxygen atoms in total. The van der Waals surface area contributed by atoms with Crippen molar-refractivity contribution in [3.63, 3.8) is 0 Å². The minimum Gasteiger partial charge on any atom is -0.353 e. The standard InChI is InChI=1S/C11H23N3O3S/c1-3-9(2)10(12)11(15)13-5-7-14-6-4-8-18(14,16)17/h9-10H,3-8,12H2,1-2H3,(H,13,15). The first-order chi connectivity index (χ1) is 8.38. The molecule has 1 aliphatic rings. The van der Waals surface area contributed by atoms with Gasteiger partial charge in [0.25, 0.3) is 0 Å². The van der Waals surface area contributed by atoms with Crippen LogP contribution < -0.4 is 11.1 Å². The van der Waals surface area contributed by atoms with Crippen molar-refractivity contribution in [3.05, 3.63) is 0 Å². The average Bonchev–Trinajstić information content (AvgIpc) is 2.66. The van der Waals surface area contributed by atoms with Crippen molar-refractivity contribution in [2.45, 2.75) is 32.7 Å². The third-order valence-corrected chi connectivity index (χ3v) is 5.38. The molecule has 106 valence electrons. The monoisotopic (exact) mass is 277 g/mol. The van der Waals surface area contributed by atoms with E-state index >= 15 is 0 Å². The summed E-state index contributed by atoms with van der Waals surface area (Å²) in [5.41, 5.74) is 5.77. The Hall–Kier alpha value is -0.660. The summed E-state index contributed by atoms with van der Waals surface area (Å²) in [6, 6.07) is -0.523. The molecule has 2 atom stereocenters. The first kappa shape index (κ1) is 15.4. The van der Waals surface area contributed by atoms with Crippen LogP contribution in [0.25, 0.3) is 0 Å². The molecule has 1 rings (SSSR count). The first-order valence-electron chi connectivity index (χ1n) is 6.39. The van der Waals surface area contributed by atoms with E-state index in [-0.39, 0.29) is 17.6 Å². The molecular weight excluding hydrogens is 254 g/mol. The van der Waals surface area contributed by atoms with E-state index in [0.717, 1.165) is 6.42 Å². The SMILES string of the molecule is CCC(C)C(N)C(=O)NCCN1CCCS1(=O)=O. The third kappa shape index (κ3) is 3.93. The van der Waals surface area contributed by atoms with Crippen LogP contribution in [-0.4, -0.2) is 50.1 Å². The van der Waals surface area contributed by atoms with Gasteiger partial charge in [0.15, 0.2) is 0 Å². The topological polar surface area (TPSA) is 92.5 Å². The molecule has 7 heteroatoms. The van der Waals surface area contributed by atoms with Crippen LogP contribution in [0.5, 0.6) is 0 Å². The molecule has 0 saturated carbocycles. The van der Waals surface area contributed by atoms with Crippen LogP contribution in [-0.2, 0) is 14.8 Å². The van der Waals surface area contributed by atoms with Gasteiger partial charge < -0.3 is 11.1 Å². The molecule has 0 radical (unpaired) electrons. The van der Waals surface area contributed by atoms with Crippen LogP contribution in [0.3, 0.4) is 0 Å². The van der Waals surface area contributed by atoms with Crippen LogP contribution in [0, 0.1) is 5.92 Å². The molecule has 0 aliphatic carbocycles. The zero-order valence-electron chi connectivity index (χ0n) is 11.1. The van der Waals surface area contributed by atoms with Gasteiger partial charge in [0.1, 0.15) is 0 Å². The quantitative estimate of drug-likeness (QED) is 0.685. The fourth-order valence-electron chi connectivity index (χ4n) is 1.88. The normalized spacial score (nSPS) is 22.6. The average molecular weight is 277 g/mol. The van der Waals surface area contributed by atoms with Gasteiger partial charge in [0.05, 0.1) is 11.8 Å². The maximum absolute atomic E-state index is 11.7. The molecule has 0 aromatic rings. The second-order valence-electron chi connectivity index (χ2n) is 4.77. The minimum absolute atomic E-state index is 0.125. The second-order valence-corrected chi connectivity index (χ2v) is 6.86. The summed E-state index contributed by atoms with van der Waals surface area (Å²) in [5.74, 6) is 0.134. The maximum atomic E-state index is 11.7. The van der Waals surface area contributed by atoms with Gasteiger partial charge in [-0.15, -0.1) is 0 Å². The van der Waals surface area contributed by atoms with Gasteiger partial charge in [-0.2, -0.15) is 0 Å². The number of carbonyl (C=O) groups is 1. The Kier molecular flexibility index (Phi) is 5.55. The molecule has 3 N–H and O–H groups in total. The van der Waals surface area contributed by atoms with E-state index < -0.39 is 16.1 Å². The van der Waals surface area contributed by atoms with Crippen LogP contribution in [0.15, 0.2) is 0 Å². The summed E-state index contributed by atoms with van der Waals surface area (Å²) < 4.78 is 24.4. The van der Waals surface area contributed by atoms with Crippen molar-refractivity contribution >= 4 is 15.9 Å². The lowest BCUT2D eigenvalue weighted by Gasteiger charge is -2.19. The molecule has 1 amide bonds. The first-order valence-corrected chi connectivity index (χ1v) is 8.00. The van der Waals surface area contributed by atoms with Crippen molar-refractivity contribution in [1.82, 2.24) is 9.62 Å². The predicted octanol–water partition coefficient (Wildman–Crippen LogP) is -0.488. The van der Waals surface area contributed by atoms with Gasteiger partial charge in [-0.05, 0) is 12.3 Å². The minimum atomic E-state index is -3.08. The number of carbonyl (C=O) groups excluding carboxylic acids is 1. The molecular formula is C11H23N3O3S. The summed E-state index contributed by atoms with van der Waals surface area (Å²) in [6.07, 6.45) is 1.51. The molecule has 18 heavy (non-hydrogen) atoms. The summed E-state index contributed by atoms with van der Waals surface area (Å²) in [6.45, 7) is 5.11. The summed E-state index contributed by atoms with van der Waals surface area (Å²) in [4.78, 5) is 11.7. The number of nitrogens with one attached hydrogen (secondary N) is 1. The van der Waals surface area contributed by atoms with Gasteiger partial charge in [-0.25, -0.2) is 12.7 Å². The van der Waals surface area contributed by atoms with Gasteiger partial charge in [-0.1, -0.05) is 20.3 Å². The van der Waals surface area contributed by atoms with E-state index in [1.165, 1.54) is 4.31 Å². The fourth-order valence-corrected chi connectivity index (χ4v) is 3.41. The highest BCUT2D eigenvalue weighted by atomic mass is 32.2. The van der Waals surface area contributed by atoms with Crippen LogP contribution in [0.1, 0.15) is 26.7 Å². The van der Waals surface area contributed by atoms with E-state index in [1.807, 2.05) is 13.8 Å². The van der Waals surface area contributed by atoms with Gasteiger partial charge >= 0.3 is 0 Å². The summed E-state index contributed by atoms with van der Waals surface area (Å²) in [5, 5.41) is 2.69. The number of sulfonamides is 1. The Labute approximate surface area is 109 Å². The Balaban J connectivity index is 2.32. The van der Waals surface area contributed by atoms with Crippen LogP contribution >= 0.6 is 0 Å². The van der Waals surface area contributed by atoms with Gasteiger partial charge in [0, 0.05) is 19.6 Å². The van der Waals surface area contributed by atoms with Crippen molar-refractivity contribution in [2.75, 3.05) is 25.4 Å². The molecule has 1 heterocycles. The molecule has 1 saturated heterocycles. The van der Waals surface area contributed by atoms with Gasteiger partial charge in [-0.3, -0.25) is 4.79 Å². The van der Waals surface area contributed by atoms with Crippen molar-refractivity contribution in [2.24, 2.45) is 11.7 Å². The molecule has 1 fully saturated rings. The zero-order chi connectivity index (χ0) is 13.8.